The molecule has 23 heavy (non-hydrogen) atoms. The van der Waals surface area contributed by atoms with Gasteiger partial charge in [0.1, 0.15) is 5.82 Å². The van der Waals surface area contributed by atoms with Crippen molar-refractivity contribution in [3.05, 3.63) is 77.7 Å². The van der Waals surface area contributed by atoms with Gasteiger partial charge in [-0.2, -0.15) is 5.10 Å². The smallest absolute Gasteiger partial charge is 0.161 e. The summed E-state index contributed by atoms with van der Waals surface area (Å²) in [4.78, 5) is 8.85. The minimum Gasteiger partial charge on any atom is -0.261 e. The Morgan fingerprint density at radius 3 is 2.52 bits per heavy atom. The average Bonchev–Trinajstić information content (AvgIpc) is 2.57. The van der Waals surface area contributed by atoms with Gasteiger partial charge >= 0.3 is 0 Å². The van der Waals surface area contributed by atoms with Gasteiger partial charge in [-0.05, 0) is 13.0 Å². The molecule has 0 aliphatic carbocycles. The van der Waals surface area contributed by atoms with E-state index in [4.69, 9.17) is 0 Å². The topological polar surface area (TPSA) is 50.2 Å². The Hall–Kier alpha value is -3.08. The molecule has 0 spiro atoms. The summed E-state index contributed by atoms with van der Waals surface area (Å²) in [6.07, 6.45) is 1.43. The van der Waals surface area contributed by atoms with Crippen molar-refractivity contribution in [1.82, 2.24) is 9.97 Å². The van der Waals surface area contributed by atoms with Crippen molar-refractivity contribution in [3.63, 3.8) is 0 Å². The number of halogens is 1. The summed E-state index contributed by atoms with van der Waals surface area (Å²) in [5.41, 5.74) is 4.98. The van der Waals surface area contributed by atoms with Crippen LogP contribution < -0.4 is 5.43 Å². The predicted octanol–water partition coefficient (Wildman–Crippen LogP) is 4.04. The van der Waals surface area contributed by atoms with Crippen LogP contribution in [0.2, 0.25) is 0 Å². The molecule has 0 fully saturated rings. The van der Waals surface area contributed by atoms with Crippen molar-refractivity contribution >= 4 is 12.0 Å². The summed E-state index contributed by atoms with van der Waals surface area (Å²) in [7, 11) is 0. The quantitative estimate of drug-likeness (QED) is 0.584. The zero-order chi connectivity index (χ0) is 16.1. The van der Waals surface area contributed by atoms with Crippen LogP contribution in [0.15, 0.2) is 65.8 Å². The SMILES string of the molecule is Cc1cc(N/N=C/c2ccccc2F)nc(-c2ccccc2)n1. The van der Waals surface area contributed by atoms with Crippen LogP contribution in [-0.4, -0.2) is 16.2 Å². The fourth-order valence-electron chi connectivity index (χ4n) is 2.09. The van der Waals surface area contributed by atoms with Gasteiger partial charge in [-0.1, -0.05) is 48.5 Å². The minimum absolute atomic E-state index is 0.318. The molecule has 0 aliphatic heterocycles. The highest BCUT2D eigenvalue weighted by molar-refractivity contribution is 5.80. The van der Waals surface area contributed by atoms with Gasteiger partial charge in [0.2, 0.25) is 0 Å². The summed E-state index contributed by atoms with van der Waals surface area (Å²) in [6, 6.07) is 17.9. The normalized spacial score (nSPS) is 10.9. The first-order valence-corrected chi connectivity index (χ1v) is 7.17. The maximum absolute atomic E-state index is 13.5. The summed E-state index contributed by atoms with van der Waals surface area (Å²) < 4.78 is 13.5. The van der Waals surface area contributed by atoms with Crippen LogP contribution in [0.1, 0.15) is 11.3 Å². The molecule has 0 unspecified atom stereocenters. The van der Waals surface area contributed by atoms with E-state index < -0.39 is 0 Å². The summed E-state index contributed by atoms with van der Waals surface area (Å²) in [5.74, 6) is 0.861. The van der Waals surface area contributed by atoms with E-state index in [2.05, 4.69) is 20.5 Å². The van der Waals surface area contributed by atoms with E-state index in [9.17, 15) is 4.39 Å². The number of aryl methyl sites for hydroxylation is 1. The number of hydrogen-bond acceptors (Lipinski definition) is 4. The van der Waals surface area contributed by atoms with Gasteiger partial charge in [0.25, 0.3) is 0 Å². The fourth-order valence-corrected chi connectivity index (χ4v) is 2.09. The Kier molecular flexibility index (Phi) is 4.38. The molecule has 0 aliphatic rings. The van der Waals surface area contributed by atoms with Crippen molar-refractivity contribution in [3.8, 4) is 11.4 Å². The van der Waals surface area contributed by atoms with E-state index in [0.29, 0.717) is 17.2 Å². The number of hydrazone groups is 1. The maximum atomic E-state index is 13.5. The third-order valence-electron chi connectivity index (χ3n) is 3.17. The van der Waals surface area contributed by atoms with Crippen molar-refractivity contribution in [1.29, 1.82) is 0 Å². The summed E-state index contributed by atoms with van der Waals surface area (Å²) in [5, 5.41) is 4.04. The number of benzene rings is 2. The molecule has 1 heterocycles. The summed E-state index contributed by atoms with van der Waals surface area (Å²) in [6.45, 7) is 1.89. The molecule has 0 radical (unpaired) electrons. The molecule has 3 rings (SSSR count). The third kappa shape index (κ3) is 3.77. The van der Waals surface area contributed by atoms with Gasteiger partial charge in [-0.15, -0.1) is 0 Å². The minimum atomic E-state index is -0.318. The van der Waals surface area contributed by atoms with E-state index in [1.807, 2.05) is 37.3 Å². The molecular formula is C18H15FN4. The van der Waals surface area contributed by atoms with Gasteiger partial charge in [-0.25, -0.2) is 14.4 Å². The Morgan fingerprint density at radius 1 is 1.00 bits per heavy atom. The second-order valence-corrected chi connectivity index (χ2v) is 4.98. The highest BCUT2D eigenvalue weighted by atomic mass is 19.1. The molecule has 114 valence electrons. The molecule has 0 amide bonds. The molecule has 2 aromatic carbocycles. The number of hydrogen-bond donors (Lipinski definition) is 1. The van der Waals surface area contributed by atoms with Crippen molar-refractivity contribution in [2.75, 3.05) is 5.43 Å². The molecule has 0 bridgehead atoms. The molecule has 0 saturated carbocycles. The largest absolute Gasteiger partial charge is 0.261 e. The van der Waals surface area contributed by atoms with Gasteiger partial charge < -0.3 is 0 Å². The lowest BCUT2D eigenvalue weighted by Gasteiger charge is -2.05. The standard InChI is InChI=1S/C18H15FN4/c1-13-11-17(22-18(21-13)14-7-3-2-4-8-14)23-20-12-15-9-5-6-10-16(15)19/h2-12H,1H3,(H,21,22,23)/b20-12+. The van der Waals surface area contributed by atoms with Crippen molar-refractivity contribution in [2.45, 2.75) is 6.92 Å². The first-order valence-electron chi connectivity index (χ1n) is 7.17. The lowest BCUT2D eigenvalue weighted by molar-refractivity contribution is 0.626. The molecular weight excluding hydrogens is 291 g/mol. The van der Waals surface area contributed by atoms with Crippen LogP contribution in [0, 0.1) is 12.7 Å². The van der Waals surface area contributed by atoms with E-state index in [1.165, 1.54) is 12.3 Å². The number of anilines is 1. The van der Waals surface area contributed by atoms with E-state index in [1.54, 1.807) is 24.3 Å². The number of nitrogens with one attached hydrogen (secondary N) is 1. The zero-order valence-corrected chi connectivity index (χ0v) is 12.6. The number of aromatic nitrogens is 2. The molecule has 4 nitrogen and oxygen atoms in total. The van der Waals surface area contributed by atoms with Crippen LogP contribution >= 0.6 is 0 Å². The Bertz CT molecular complexity index is 831. The molecule has 0 saturated heterocycles. The van der Waals surface area contributed by atoms with Gasteiger partial charge in [-0.3, -0.25) is 5.43 Å². The van der Waals surface area contributed by atoms with Crippen LogP contribution in [0.5, 0.6) is 0 Å². The van der Waals surface area contributed by atoms with Crippen LogP contribution in [-0.2, 0) is 0 Å². The zero-order valence-electron chi connectivity index (χ0n) is 12.6. The van der Waals surface area contributed by atoms with Crippen LogP contribution in [0.25, 0.3) is 11.4 Å². The Balaban J connectivity index is 1.81. The fraction of sp³-hybridized carbons (Fsp3) is 0.0556. The average molecular weight is 306 g/mol. The van der Waals surface area contributed by atoms with Gasteiger partial charge in [0.15, 0.2) is 11.6 Å². The third-order valence-corrected chi connectivity index (χ3v) is 3.17. The number of nitrogens with zero attached hydrogens (tertiary/aromatic N) is 3. The van der Waals surface area contributed by atoms with E-state index >= 15 is 0 Å². The predicted molar refractivity (Wildman–Crippen MR) is 89.8 cm³/mol. The second-order valence-electron chi connectivity index (χ2n) is 4.98. The first kappa shape index (κ1) is 14.8. The second kappa shape index (κ2) is 6.79. The monoisotopic (exact) mass is 306 g/mol. The molecule has 3 aromatic rings. The van der Waals surface area contributed by atoms with Crippen molar-refractivity contribution < 1.29 is 4.39 Å². The number of rotatable bonds is 4. The molecule has 0 atom stereocenters. The summed E-state index contributed by atoms with van der Waals surface area (Å²) >= 11 is 0. The van der Waals surface area contributed by atoms with E-state index in [-0.39, 0.29) is 5.82 Å². The van der Waals surface area contributed by atoms with Crippen molar-refractivity contribution in [2.24, 2.45) is 5.10 Å². The molecule has 5 heteroatoms. The maximum Gasteiger partial charge on any atom is 0.161 e. The van der Waals surface area contributed by atoms with Gasteiger partial charge in [0.05, 0.1) is 6.21 Å². The Labute approximate surface area is 133 Å². The van der Waals surface area contributed by atoms with Crippen LogP contribution in [0.3, 0.4) is 0 Å². The lowest BCUT2D eigenvalue weighted by atomic mass is 10.2. The lowest BCUT2D eigenvalue weighted by Crippen LogP contribution is -1.99. The van der Waals surface area contributed by atoms with Crippen LogP contribution in [0.4, 0.5) is 10.2 Å². The highest BCUT2D eigenvalue weighted by Gasteiger charge is 2.04. The highest BCUT2D eigenvalue weighted by Crippen LogP contribution is 2.17. The first-order chi connectivity index (χ1) is 11.2. The Morgan fingerprint density at radius 2 is 1.74 bits per heavy atom. The van der Waals surface area contributed by atoms with Gasteiger partial charge in [0, 0.05) is 22.9 Å². The van der Waals surface area contributed by atoms with E-state index in [0.717, 1.165) is 11.3 Å². The molecule has 1 aromatic heterocycles. The molecule has 1 N–H and O–H groups in total.